The minimum absolute atomic E-state index is 0.00593. The van der Waals surface area contributed by atoms with Gasteiger partial charge < -0.3 is 0 Å². The van der Waals surface area contributed by atoms with Crippen molar-refractivity contribution < 1.29 is 4.79 Å². The molecule has 0 radical (unpaired) electrons. The lowest BCUT2D eigenvalue weighted by molar-refractivity contribution is -0.122. The van der Waals surface area contributed by atoms with Crippen molar-refractivity contribution in [3.05, 3.63) is 34.9 Å². The fourth-order valence-corrected chi connectivity index (χ4v) is 1.66. The van der Waals surface area contributed by atoms with Gasteiger partial charge in [-0.15, -0.1) is 0 Å². The van der Waals surface area contributed by atoms with E-state index in [0.717, 1.165) is 24.1 Å². The van der Waals surface area contributed by atoms with Crippen LogP contribution in [0.1, 0.15) is 25.3 Å². The lowest BCUT2D eigenvalue weighted by Crippen LogP contribution is -2.20. The molecule has 84 valence electrons. The van der Waals surface area contributed by atoms with Crippen LogP contribution in [-0.4, -0.2) is 11.6 Å². The van der Waals surface area contributed by atoms with E-state index in [9.17, 15) is 4.79 Å². The van der Waals surface area contributed by atoms with Crippen molar-refractivity contribution in [3.8, 4) is 0 Å². The van der Waals surface area contributed by atoms with E-state index in [1.807, 2.05) is 25.1 Å². The average molecular weight is 237 g/mol. The molecule has 0 aromatic heterocycles. The molecule has 2 rings (SSSR count). The van der Waals surface area contributed by atoms with Crippen molar-refractivity contribution in [2.45, 2.75) is 19.8 Å². The van der Waals surface area contributed by atoms with Crippen molar-refractivity contribution in [3.63, 3.8) is 0 Å². The summed E-state index contributed by atoms with van der Waals surface area (Å²) in [5.74, 6) is 0.175. The second-order valence-electron chi connectivity index (χ2n) is 3.93. The number of benzene rings is 1. The second-order valence-corrected chi connectivity index (χ2v) is 4.33. The van der Waals surface area contributed by atoms with Gasteiger partial charge in [0.25, 0.3) is 0 Å². The van der Waals surface area contributed by atoms with E-state index in [1.165, 1.54) is 0 Å². The average Bonchev–Trinajstić information content (AvgIpc) is 3.10. The third-order valence-corrected chi connectivity index (χ3v) is 2.88. The van der Waals surface area contributed by atoms with E-state index in [-0.39, 0.29) is 11.8 Å². The molecule has 1 aromatic rings. The van der Waals surface area contributed by atoms with Gasteiger partial charge >= 0.3 is 0 Å². The first-order chi connectivity index (χ1) is 7.68. The number of nitrogens with one attached hydrogen (secondary N) is 1. The summed E-state index contributed by atoms with van der Waals surface area (Å²) >= 11 is 6.02. The lowest BCUT2D eigenvalue weighted by atomic mass is 10.1. The van der Waals surface area contributed by atoms with E-state index in [4.69, 9.17) is 11.6 Å². The monoisotopic (exact) mass is 236 g/mol. The number of hydrogen-bond donors (Lipinski definition) is 1. The zero-order valence-corrected chi connectivity index (χ0v) is 9.79. The van der Waals surface area contributed by atoms with E-state index >= 15 is 0 Å². The third kappa shape index (κ3) is 2.61. The maximum absolute atomic E-state index is 11.4. The van der Waals surface area contributed by atoms with Crippen LogP contribution in [0.15, 0.2) is 29.4 Å². The molecule has 0 bridgehead atoms. The van der Waals surface area contributed by atoms with Crippen LogP contribution in [-0.2, 0) is 4.79 Å². The Morgan fingerprint density at radius 1 is 1.44 bits per heavy atom. The van der Waals surface area contributed by atoms with Crippen molar-refractivity contribution in [1.82, 2.24) is 5.43 Å². The van der Waals surface area contributed by atoms with Gasteiger partial charge in [0, 0.05) is 16.5 Å². The van der Waals surface area contributed by atoms with Gasteiger partial charge in [0.15, 0.2) is 0 Å². The van der Waals surface area contributed by atoms with E-state index in [0.29, 0.717) is 5.02 Å². The summed E-state index contributed by atoms with van der Waals surface area (Å²) < 4.78 is 0. The van der Waals surface area contributed by atoms with E-state index in [2.05, 4.69) is 10.5 Å². The first kappa shape index (κ1) is 11.1. The Hall–Kier alpha value is -1.35. The van der Waals surface area contributed by atoms with Crippen LogP contribution >= 0.6 is 11.6 Å². The van der Waals surface area contributed by atoms with Crippen LogP contribution in [0.4, 0.5) is 0 Å². The molecule has 1 amide bonds. The van der Waals surface area contributed by atoms with Crippen LogP contribution in [0.25, 0.3) is 0 Å². The first-order valence-electron chi connectivity index (χ1n) is 5.27. The molecule has 16 heavy (non-hydrogen) atoms. The molecule has 0 heterocycles. The maximum atomic E-state index is 11.4. The molecule has 0 atom stereocenters. The quantitative estimate of drug-likeness (QED) is 0.636. The summed E-state index contributed by atoms with van der Waals surface area (Å²) in [6, 6.07) is 7.44. The highest BCUT2D eigenvalue weighted by atomic mass is 35.5. The van der Waals surface area contributed by atoms with Crippen LogP contribution in [0.3, 0.4) is 0 Å². The normalized spacial score (nSPS) is 16.0. The number of rotatable bonds is 3. The number of hydrazone groups is 1. The summed E-state index contributed by atoms with van der Waals surface area (Å²) in [6.07, 6.45) is 1.96. The summed E-state index contributed by atoms with van der Waals surface area (Å²) in [5.41, 5.74) is 4.13. The molecule has 0 saturated heterocycles. The fraction of sp³-hybridized carbons (Fsp3) is 0.333. The van der Waals surface area contributed by atoms with Gasteiger partial charge in [0.1, 0.15) is 0 Å². The van der Waals surface area contributed by atoms with Crippen LogP contribution in [0.5, 0.6) is 0 Å². The zero-order valence-electron chi connectivity index (χ0n) is 9.03. The van der Waals surface area contributed by atoms with Gasteiger partial charge in [0.2, 0.25) is 5.91 Å². The van der Waals surface area contributed by atoms with Gasteiger partial charge in [-0.1, -0.05) is 29.8 Å². The predicted octanol–water partition coefficient (Wildman–Crippen LogP) is 2.59. The molecule has 0 spiro atoms. The fourth-order valence-electron chi connectivity index (χ4n) is 1.39. The molecule has 0 unspecified atom stereocenters. The van der Waals surface area contributed by atoms with Crippen molar-refractivity contribution in [2.24, 2.45) is 11.0 Å². The Morgan fingerprint density at radius 2 is 2.12 bits per heavy atom. The topological polar surface area (TPSA) is 41.5 Å². The van der Waals surface area contributed by atoms with Crippen molar-refractivity contribution in [2.75, 3.05) is 0 Å². The smallest absolute Gasteiger partial charge is 0.243 e. The Balaban J connectivity index is 2.06. The molecule has 0 aliphatic heterocycles. The van der Waals surface area contributed by atoms with Crippen molar-refractivity contribution in [1.29, 1.82) is 0 Å². The molecule has 1 saturated carbocycles. The third-order valence-electron chi connectivity index (χ3n) is 2.55. The standard InChI is InChI=1S/C12H13ClN2O/c1-8(10-4-2-3-5-11(10)13)14-15-12(16)9-6-7-9/h2-5,9H,6-7H2,1H3,(H,15,16). The molecule has 1 aliphatic carbocycles. The maximum Gasteiger partial charge on any atom is 0.243 e. The van der Waals surface area contributed by atoms with Crippen LogP contribution in [0, 0.1) is 5.92 Å². The Kier molecular flexibility index (Phi) is 3.25. The Morgan fingerprint density at radius 3 is 2.75 bits per heavy atom. The molecule has 4 heteroatoms. The van der Waals surface area contributed by atoms with Crippen LogP contribution in [0.2, 0.25) is 5.02 Å². The highest BCUT2D eigenvalue weighted by Gasteiger charge is 2.29. The van der Waals surface area contributed by atoms with Gasteiger partial charge in [-0.25, -0.2) is 5.43 Å². The second kappa shape index (κ2) is 4.66. The minimum Gasteiger partial charge on any atom is -0.273 e. The molecule has 1 aliphatic rings. The molecule has 1 fully saturated rings. The van der Waals surface area contributed by atoms with Gasteiger partial charge in [0.05, 0.1) is 5.71 Å². The Bertz CT molecular complexity index is 438. The largest absolute Gasteiger partial charge is 0.273 e. The Labute approximate surface area is 99.5 Å². The zero-order chi connectivity index (χ0) is 11.5. The number of amides is 1. The predicted molar refractivity (Wildman–Crippen MR) is 64.5 cm³/mol. The minimum atomic E-state index is 0.00593. The van der Waals surface area contributed by atoms with Gasteiger partial charge in [-0.3, -0.25) is 4.79 Å². The number of carbonyl (C=O) groups excluding carboxylic acids is 1. The number of hydrogen-bond acceptors (Lipinski definition) is 2. The molecular formula is C12H13ClN2O. The number of halogens is 1. The van der Waals surface area contributed by atoms with Gasteiger partial charge in [-0.2, -0.15) is 5.10 Å². The molecule has 3 nitrogen and oxygen atoms in total. The van der Waals surface area contributed by atoms with Gasteiger partial charge in [-0.05, 0) is 25.8 Å². The SMILES string of the molecule is CC(=NNC(=O)C1CC1)c1ccccc1Cl. The highest BCUT2D eigenvalue weighted by Crippen LogP contribution is 2.28. The van der Waals surface area contributed by atoms with E-state index < -0.39 is 0 Å². The number of carbonyl (C=O) groups is 1. The number of nitrogens with zero attached hydrogens (tertiary/aromatic N) is 1. The summed E-state index contributed by atoms with van der Waals surface area (Å²) in [6.45, 7) is 1.83. The molecular weight excluding hydrogens is 224 g/mol. The van der Waals surface area contributed by atoms with E-state index in [1.54, 1.807) is 6.07 Å². The molecule has 1 aromatic carbocycles. The summed E-state index contributed by atoms with van der Waals surface area (Å²) in [4.78, 5) is 11.4. The summed E-state index contributed by atoms with van der Waals surface area (Å²) in [5, 5.41) is 4.69. The van der Waals surface area contributed by atoms with Crippen LogP contribution < -0.4 is 5.43 Å². The summed E-state index contributed by atoms with van der Waals surface area (Å²) in [7, 11) is 0. The first-order valence-corrected chi connectivity index (χ1v) is 5.65. The lowest BCUT2D eigenvalue weighted by Gasteiger charge is -2.03. The highest BCUT2D eigenvalue weighted by molar-refractivity contribution is 6.34. The molecule has 1 N–H and O–H groups in total. The van der Waals surface area contributed by atoms with Crippen molar-refractivity contribution >= 4 is 23.2 Å².